The zero-order valence-corrected chi connectivity index (χ0v) is 14.8. The van der Waals surface area contributed by atoms with Crippen molar-refractivity contribution < 1.29 is 14.6 Å². The van der Waals surface area contributed by atoms with Crippen LogP contribution in [-0.2, 0) is 4.79 Å². The van der Waals surface area contributed by atoms with Gasteiger partial charge >= 0.3 is 5.97 Å². The molecule has 0 aliphatic heterocycles. The van der Waals surface area contributed by atoms with Gasteiger partial charge in [-0.05, 0) is 61.3 Å². The molecular weight excluding hydrogens is 312 g/mol. The molecule has 3 heteroatoms. The number of hydrogen-bond donors (Lipinski definition) is 1. The largest absolute Gasteiger partial charge is 0.490 e. The molecule has 0 amide bonds. The smallest absolute Gasteiger partial charge is 0.303 e. The number of rotatable bonds is 7. The highest BCUT2D eigenvalue weighted by molar-refractivity contribution is 5.71. The van der Waals surface area contributed by atoms with Crippen LogP contribution < -0.4 is 4.74 Å². The number of aliphatic carboxylic acids is 1. The van der Waals surface area contributed by atoms with Gasteiger partial charge in [-0.3, -0.25) is 4.79 Å². The lowest BCUT2D eigenvalue weighted by Gasteiger charge is -2.19. The monoisotopic (exact) mass is 338 g/mol. The van der Waals surface area contributed by atoms with Gasteiger partial charge in [0.1, 0.15) is 5.75 Å². The zero-order chi connectivity index (χ0) is 17.6. The predicted octanol–water partition coefficient (Wildman–Crippen LogP) is 5.64. The van der Waals surface area contributed by atoms with E-state index in [1.54, 1.807) is 0 Å². The third-order valence-electron chi connectivity index (χ3n) is 5.04. The maximum absolute atomic E-state index is 10.9. The first-order valence-electron chi connectivity index (χ1n) is 9.21. The Balaban J connectivity index is 1.88. The molecule has 2 aromatic carbocycles. The van der Waals surface area contributed by atoms with Gasteiger partial charge in [-0.25, -0.2) is 0 Å². The van der Waals surface area contributed by atoms with Gasteiger partial charge in [-0.1, -0.05) is 43.3 Å². The molecule has 1 atom stereocenters. The Morgan fingerprint density at radius 1 is 1.16 bits per heavy atom. The van der Waals surface area contributed by atoms with E-state index in [-0.39, 0.29) is 12.3 Å². The first-order chi connectivity index (χ1) is 12.1. The second-order valence-electron chi connectivity index (χ2n) is 6.98. The molecule has 0 bridgehead atoms. The van der Waals surface area contributed by atoms with Crippen molar-refractivity contribution in [2.45, 2.75) is 57.5 Å². The lowest BCUT2D eigenvalue weighted by atomic mass is 9.92. The first kappa shape index (κ1) is 17.5. The van der Waals surface area contributed by atoms with E-state index in [9.17, 15) is 4.79 Å². The van der Waals surface area contributed by atoms with Crippen LogP contribution in [0.25, 0.3) is 11.1 Å². The van der Waals surface area contributed by atoms with Crippen molar-refractivity contribution in [3.8, 4) is 16.9 Å². The number of hydrogen-bond acceptors (Lipinski definition) is 2. The Morgan fingerprint density at radius 2 is 1.88 bits per heavy atom. The summed E-state index contributed by atoms with van der Waals surface area (Å²) in [5.41, 5.74) is 3.41. The van der Waals surface area contributed by atoms with Crippen LogP contribution in [0, 0.1) is 0 Å². The molecule has 132 valence electrons. The van der Waals surface area contributed by atoms with Gasteiger partial charge in [0.05, 0.1) is 6.10 Å². The Labute approximate surface area is 149 Å². The summed E-state index contributed by atoms with van der Waals surface area (Å²) in [5, 5.41) is 8.93. The fourth-order valence-electron chi connectivity index (χ4n) is 3.49. The van der Waals surface area contributed by atoms with Gasteiger partial charge in [-0.2, -0.15) is 0 Å². The molecule has 1 saturated carbocycles. The van der Waals surface area contributed by atoms with Crippen LogP contribution in [0.5, 0.6) is 5.75 Å². The van der Waals surface area contributed by atoms with Crippen LogP contribution in [-0.4, -0.2) is 17.2 Å². The average molecular weight is 338 g/mol. The summed E-state index contributed by atoms with van der Waals surface area (Å²) < 4.78 is 6.30. The van der Waals surface area contributed by atoms with Crippen molar-refractivity contribution in [2.75, 3.05) is 0 Å². The molecular formula is C22H26O3. The molecule has 1 unspecified atom stereocenters. The number of carboxylic acid groups (broad SMARTS) is 1. The molecule has 1 fully saturated rings. The molecule has 1 aliphatic rings. The van der Waals surface area contributed by atoms with E-state index >= 15 is 0 Å². The highest BCUT2D eigenvalue weighted by atomic mass is 16.5. The maximum Gasteiger partial charge on any atom is 0.303 e. The molecule has 3 nitrogen and oxygen atoms in total. The number of benzene rings is 2. The third kappa shape index (κ3) is 4.62. The molecule has 1 aliphatic carbocycles. The fourth-order valence-corrected chi connectivity index (χ4v) is 3.49. The minimum atomic E-state index is -0.740. The van der Waals surface area contributed by atoms with Crippen LogP contribution in [0.1, 0.15) is 56.9 Å². The van der Waals surface area contributed by atoms with Crippen molar-refractivity contribution in [2.24, 2.45) is 0 Å². The molecule has 25 heavy (non-hydrogen) atoms. The van der Waals surface area contributed by atoms with Gasteiger partial charge in [0.15, 0.2) is 0 Å². The molecule has 0 radical (unpaired) electrons. The van der Waals surface area contributed by atoms with E-state index < -0.39 is 5.97 Å². The van der Waals surface area contributed by atoms with Crippen LogP contribution in [0.4, 0.5) is 0 Å². The zero-order valence-electron chi connectivity index (χ0n) is 14.8. The van der Waals surface area contributed by atoms with Crippen LogP contribution in [0.2, 0.25) is 0 Å². The second-order valence-corrected chi connectivity index (χ2v) is 6.98. The Morgan fingerprint density at radius 3 is 2.56 bits per heavy atom. The summed E-state index contributed by atoms with van der Waals surface area (Å²) in [7, 11) is 0. The summed E-state index contributed by atoms with van der Waals surface area (Å²) in [5.74, 6) is 0.405. The Hall–Kier alpha value is -2.29. The van der Waals surface area contributed by atoms with Crippen molar-refractivity contribution in [3.63, 3.8) is 0 Å². The number of carboxylic acids is 1. The molecule has 0 saturated heterocycles. The lowest BCUT2D eigenvalue weighted by Crippen LogP contribution is -2.11. The summed E-state index contributed by atoms with van der Waals surface area (Å²) in [6.07, 6.45) is 5.91. The van der Waals surface area contributed by atoms with Crippen molar-refractivity contribution >= 4 is 5.97 Å². The minimum absolute atomic E-state index is 0.197. The highest BCUT2D eigenvalue weighted by Gasteiger charge is 2.19. The van der Waals surface area contributed by atoms with Gasteiger partial charge in [0.25, 0.3) is 0 Å². The van der Waals surface area contributed by atoms with Crippen molar-refractivity contribution in [1.29, 1.82) is 0 Å². The predicted molar refractivity (Wildman–Crippen MR) is 100 cm³/mol. The van der Waals surface area contributed by atoms with E-state index in [0.29, 0.717) is 12.5 Å². The number of ether oxygens (including phenoxy) is 1. The van der Waals surface area contributed by atoms with Crippen LogP contribution in [0.3, 0.4) is 0 Å². The lowest BCUT2D eigenvalue weighted by molar-refractivity contribution is -0.137. The molecule has 2 aromatic rings. The molecule has 3 rings (SSSR count). The minimum Gasteiger partial charge on any atom is -0.490 e. The topological polar surface area (TPSA) is 46.5 Å². The van der Waals surface area contributed by atoms with E-state index in [1.807, 2.05) is 18.2 Å². The first-order valence-corrected chi connectivity index (χ1v) is 9.21. The number of carbonyl (C=O) groups is 1. The summed E-state index contributed by atoms with van der Waals surface area (Å²) >= 11 is 0. The third-order valence-corrected chi connectivity index (χ3v) is 5.04. The highest BCUT2D eigenvalue weighted by Crippen LogP contribution is 2.36. The van der Waals surface area contributed by atoms with Crippen molar-refractivity contribution in [1.82, 2.24) is 0 Å². The summed E-state index contributed by atoms with van der Waals surface area (Å²) in [4.78, 5) is 10.9. The van der Waals surface area contributed by atoms with E-state index in [0.717, 1.165) is 29.7 Å². The molecule has 0 aromatic heterocycles. The standard InChI is InChI=1S/C22H26O3/c1-16(11-14-22(23)24)18-12-13-21(25-19-9-5-6-10-19)20(15-18)17-7-3-2-4-8-17/h2-4,7-8,12-13,15-16,19H,5-6,9-11,14H2,1H3,(H,23,24). The van der Waals surface area contributed by atoms with E-state index in [1.165, 1.54) is 18.4 Å². The quantitative estimate of drug-likeness (QED) is 0.710. The van der Waals surface area contributed by atoms with E-state index in [4.69, 9.17) is 9.84 Å². The summed E-state index contributed by atoms with van der Waals surface area (Å²) in [6, 6.07) is 16.6. The Bertz CT molecular complexity index is 702. The fraction of sp³-hybridized carbons (Fsp3) is 0.409. The average Bonchev–Trinajstić information content (AvgIpc) is 3.14. The Kier molecular flexibility index (Phi) is 5.75. The van der Waals surface area contributed by atoms with Crippen LogP contribution >= 0.6 is 0 Å². The normalized spacial score (nSPS) is 15.9. The van der Waals surface area contributed by atoms with E-state index in [2.05, 4.69) is 37.3 Å². The SMILES string of the molecule is CC(CCC(=O)O)c1ccc(OC2CCCC2)c(-c2ccccc2)c1. The van der Waals surface area contributed by atoms with Crippen molar-refractivity contribution in [3.05, 3.63) is 54.1 Å². The van der Waals surface area contributed by atoms with Gasteiger partial charge < -0.3 is 9.84 Å². The molecule has 0 heterocycles. The molecule has 1 N–H and O–H groups in total. The second kappa shape index (κ2) is 8.19. The summed E-state index contributed by atoms with van der Waals surface area (Å²) in [6.45, 7) is 2.09. The molecule has 0 spiro atoms. The van der Waals surface area contributed by atoms with Gasteiger partial charge in [-0.15, -0.1) is 0 Å². The van der Waals surface area contributed by atoms with Crippen LogP contribution in [0.15, 0.2) is 48.5 Å². The van der Waals surface area contributed by atoms with Gasteiger partial charge in [0.2, 0.25) is 0 Å². The van der Waals surface area contributed by atoms with Gasteiger partial charge in [0, 0.05) is 12.0 Å². The maximum atomic E-state index is 10.9.